The molecule has 0 aliphatic carbocycles. The molecular weight excluding hydrogens is 390 g/mol. The molecule has 0 spiro atoms. The van der Waals surface area contributed by atoms with Gasteiger partial charge in [-0.15, -0.1) is 22.4 Å². The Labute approximate surface area is 171 Å². The molecule has 1 aliphatic rings. The maximum Gasteiger partial charge on any atom is 0.269 e. The van der Waals surface area contributed by atoms with Gasteiger partial charge in [-0.3, -0.25) is 19.8 Å². The quantitative estimate of drug-likeness (QED) is 0.352. The van der Waals surface area contributed by atoms with Gasteiger partial charge in [0.1, 0.15) is 5.03 Å². The number of nitrogens with one attached hydrogen (secondary N) is 2. The monoisotopic (exact) mass is 409 g/mol. The van der Waals surface area contributed by atoms with Gasteiger partial charge in [0.25, 0.3) is 5.69 Å². The summed E-state index contributed by atoms with van der Waals surface area (Å²) < 4.78 is 1.84. The fourth-order valence-electron chi connectivity index (χ4n) is 2.95. The van der Waals surface area contributed by atoms with Gasteiger partial charge >= 0.3 is 0 Å². The average Bonchev–Trinajstić information content (AvgIpc) is 3.33. The molecule has 10 heteroatoms. The molecule has 1 aromatic heterocycles. The predicted molar refractivity (Wildman–Crippen MR) is 111 cm³/mol. The number of hydrogen-bond acceptors (Lipinski definition) is 8. The highest BCUT2D eigenvalue weighted by Gasteiger charge is 2.24. The summed E-state index contributed by atoms with van der Waals surface area (Å²) in [5.41, 5.74) is 8.92. The molecule has 9 nitrogen and oxygen atoms in total. The standard InChI is InChI=1S/C19H19N7O2S/c1-24-19(29-13-15-5-3-2-4-6-15)17(11-20-24)18-21-22-23-25(18)12-14-7-9-16(10-8-14)26(27)28/h2-11,22-23H,12-13H2,1H3. The van der Waals surface area contributed by atoms with E-state index in [1.54, 1.807) is 30.1 Å². The number of aromatic nitrogens is 2. The second kappa shape index (κ2) is 8.33. The van der Waals surface area contributed by atoms with Crippen molar-refractivity contribution in [1.29, 1.82) is 0 Å². The van der Waals surface area contributed by atoms with Crippen LogP contribution in [0.3, 0.4) is 0 Å². The summed E-state index contributed by atoms with van der Waals surface area (Å²) in [5.74, 6) is 1.54. The number of non-ortho nitro benzene ring substituents is 1. The fraction of sp³-hybridized carbons (Fsp3) is 0.158. The van der Waals surface area contributed by atoms with Crippen LogP contribution in [0.25, 0.3) is 0 Å². The molecule has 2 aromatic carbocycles. The number of rotatable bonds is 7. The molecule has 1 aliphatic heterocycles. The van der Waals surface area contributed by atoms with Crippen LogP contribution >= 0.6 is 11.8 Å². The van der Waals surface area contributed by atoms with Crippen molar-refractivity contribution in [2.45, 2.75) is 17.3 Å². The van der Waals surface area contributed by atoms with Gasteiger partial charge in [-0.05, 0) is 11.1 Å². The van der Waals surface area contributed by atoms with Gasteiger partial charge in [0.05, 0.1) is 23.2 Å². The molecule has 0 fully saturated rings. The number of hydrazone groups is 1. The van der Waals surface area contributed by atoms with E-state index in [1.165, 1.54) is 17.7 Å². The summed E-state index contributed by atoms with van der Waals surface area (Å²) in [4.78, 5) is 10.4. The maximum absolute atomic E-state index is 10.8. The van der Waals surface area contributed by atoms with Gasteiger partial charge in [0.2, 0.25) is 0 Å². The van der Waals surface area contributed by atoms with E-state index in [0.29, 0.717) is 12.4 Å². The minimum atomic E-state index is -0.405. The van der Waals surface area contributed by atoms with Crippen LogP contribution in [-0.4, -0.2) is 25.5 Å². The summed E-state index contributed by atoms with van der Waals surface area (Å²) in [5, 5.41) is 22.5. The first-order valence-electron chi connectivity index (χ1n) is 8.90. The Bertz CT molecular complexity index is 1030. The minimum Gasteiger partial charge on any atom is -0.266 e. The average molecular weight is 409 g/mol. The Hall–Kier alpha value is -3.37. The lowest BCUT2D eigenvalue weighted by atomic mass is 10.2. The lowest BCUT2D eigenvalue weighted by molar-refractivity contribution is -0.384. The third kappa shape index (κ3) is 4.23. The topological polar surface area (TPSA) is 101 Å². The van der Waals surface area contributed by atoms with Crippen molar-refractivity contribution in [3.63, 3.8) is 0 Å². The molecule has 2 heterocycles. The van der Waals surface area contributed by atoms with Gasteiger partial charge in [-0.2, -0.15) is 5.10 Å². The Kier molecular flexibility index (Phi) is 5.45. The number of nitro benzene ring substituents is 1. The Morgan fingerprint density at radius 1 is 1.10 bits per heavy atom. The molecule has 0 radical (unpaired) electrons. The van der Waals surface area contributed by atoms with E-state index < -0.39 is 4.92 Å². The van der Waals surface area contributed by atoms with Crippen molar-refractivity contribution in [1.82, 2.24) is 25.9 Å². The zero-order valence-corrected chi connectivity index (χ0v) is 16.5. The Balaban J connectivity index is 1.51. The molecule has 0 atom stereocenters. The van der Waals surface area contributed by atoms with E-state index in [1.807, 2.05) is 34.9 Å². The van der Waals surface area contributed by atoms with Crippen LogP contribution in [0, 0.1) is 10.1 Å². The normalized spacial score (nSPS) is 13.3. The van der Waals surface area contributed by atoms with Crippen molar-refractivity contribution in [3.8, 4) is 0 Å². The van der Waals surface area contributed by atoms with Gasteiger partial charge < -0.3 is 0 Å². The highest BCUT2D eigenvalue weighted by Crippen LogP contribution is 2.27. The first-order valence-corrected chi connectivity index (χ1v) is 9.88. The number of hydrogen-bond donors (Lipinski definition) is 2. The lowest BCUT2D eigenvalue weighted by Crippen LogP contribution is -2.40. The van der Waals surface area contributed by atoms with Gasteiger partial charge in [0.15, 0.2) is 5.84 Å². The highest BCUT2D eigenvalue weighted by molar-refractivity contribution is 7.98. The zero-order valence-electron chi connectivity index (χ0n) is 15.6. The molecule has 0 unspecified atom stereocenters. The third-order valence-corrected chi connectivity index (χ3v) is 5.67. The summed E-state index contributed by atoms with van der Waals surface area (Å²) >= 11 is 1.70. The largest absolute Gasteiger partial charge is 0.269 e. The number of amidine groups is 1. The van der Waals surface area contributed by atoms with Gasteiger partial charge in [-0.1, -0.05) is 42.5 Å². The molecule has 4 rings (SSSR count). The minimum absolute atomic E-state index is 0.0713. The predicted octanol–water partition coefficient (Wildman–Crippen LogP) is 2.81. The molecule has 148 valence electrons. The maximum atomic E-state index is 10.8. The highest BCUT2D eigenvalue weighted by atomic mass is 32.2. The van der Waals surface area contributed by atoms with Gasteiger partial charge in [-0.25, -0.2) is 5.53 Å². The Morgan fingerprint density at radius 2 is 1.86 bits per heavy atom. The van der Waals surface area contributed by atoms with Crippen LogP contribution in [0.5, 0.6) is 0 Å². The Morgan fingerprint density at radius 3 is 2.59 bits per heavy atom. The smallest absolute Gasteiger partial charge is 0.266 e. The number of hydrazine groups is 2. The number of nitrogens with zero attached hydrogens (tertiary/aromatic N) is 5. The zero-order chi connectivity index (χ0) is 20.2. The molecule has 2 N–H and O–H groups in total. The van der Waals surface area contributed by atoms with Crippen LogP contribution in [0.15, 0.2) is 70.9 Å². The number of nitro groups is 1. The summed E-state index contributed by atoms with van der Waals surface area (Å²) in [6.07, 6.45) is 1.80. The van der Waals surface area contributed by atoms with Crippen LogP contribution < -0.4 is 11.1 Å². The van der Waals surface area contributed by atoms with E-state index in [-0.39, 0.29) is 5.69 Å². The molecule has 0 amide bonds. The van der Waals surface area contributed by atoms with Crippen molar-refractivity contribution in [2.75, 3.05) is 0 Å². The van der Waals surface area contributed by atoms with E-state index in [2.05, 4.69) is 33.4 Å². The molecular formula is C19H19N7O2S. The van der Waals surface area contributed by atoms with E-state index in [9.17, 15) is 10.1 Å². The van der Waals surface area contributed by atoms with Crippen molar-refractivity contribution in [3.05, 3.63) is 87.6 Å². The molecule has 0 saturated heterocycles. The van der Waals surface area contributed by atoms with Crippen molar-refractivity contribution in [2.24, 2.45) is 12.1 Å². The first-order chi connectivity index (χ1) is 14.1. The molecule has 0 bridgehead atoms. The molecule has 3 aromatic rings. The van der Waals surface area contributed by atoms with Crippen molar-refractivity contribution < 1.29 is 4.92 Å². The van der Waals surface area contributed by atoms with E-state index in [0.717, 1.165) is 21.9 Å². The third-order valence-electron chi connectivity index (χ3n) is 4.43. The SMILES string of the molecule is Cn1ncc(C2=NNNN2Cc2ccc([N+](=O)[O-])cc2)c1SCc1ccccc1. The second-order valence-corrected chi connectivity index (χ2v) is 7.39. The summed E-state index contributed by atoms with van der Waals surface area (Å²) in [7, 11) is 1.91. The first kappa shape index (κ1) is 19.0. The van der Waals surface area contributed by atoms with Gasteiger partial charge in [0, 0.05) is 24.9 Å². The number of thioether (sulfide) groups is 1. The summed E-state index contributed by atoms with van der Waals surface area (Å²) in [6, 6.07) is 16.7. The summed E-state index contributed by atoms with van der Waals surface area (Å²) in [6.45, 7) is 0.488. The van der Waals surface area contributed by atoms with Crippen LogP contribution in [0.1, 0.15) is 16.7 Å². The van der Waals surface area contributed by atoms with Crippen LogP contribution in [-0.2, 0) is 19.3 Å². The van der Waals surface area contributed by atoms with E-state index in [4.69, 9.17) is 0 Å². The number of aryl methyl sites for hydroxylation is 1. The molecule has 29 heavy (non-hydrogen) atoms. The molecule has 0 saturated carbocycles. The fourth-order valence-corrected chi connectivity index (χ4v) is 3.98. The van der Waals surface area contributed by atoms with Crippen LogP contribution in [0.4, 0.5) is 5.69 Å². The van der Waals surface area contributed by atoms with E-state index >= 15 is 0 Å². The van der Waals surface area contributed by atoms with Crippen molar-refractivity contribution >= 4 is 23.3 Å². The second-order valence-electron chi connectivity index (χ2n) is 6.43. The number of benzene rings is 2. The van der Waals surface area contributed by atoms with Crippen LogP contribution in [0.2, 0.25) is 0 Å². The lowest BCUT2D eigenvalue weighted by Gasteiger charge is -2.19.